The second-order valence-corrected chi connectivity index (χ2v) is 10.6. The summed E-state index contributed by atoms with van der Waals surface area (Å²) in [6.07, 6.45) is 0.858. The van der Waals surface area contributed by atoms with E-state index in [0.717, 1.165) is 26.1 Å². The van der Waals surface area contributed by atoms with Crippen molar-refractivity contribution in [2.75, 3.05) is 39.3 Å². The normalized spacial score (nSPS) is 20.0. The Kier molecular flexibility index (Phi) is 7.11. The molecular formula is C24H30N4O4S. The summed E-state index contributed by atoms with van der Waals surface area (Å²) in [7, 11) is -3.73. The van der Waals surface area contributed by atoms with Crippen molar-refractivity contribution in [1.29, 1.82) is 0 Å². The van der Waals surface area contributed by atoms with Gasteiger partial charge >= 0.3 is 0 Å². The molecule has 0 unspecified atom stereocenters. The van der Waals surface area contributed by atoms with Crippen LogP contribution in [0.15, 0.2) is 59.5 Å². The molecule has 2 aromatic carbocycles. The number of amides is 2. The zero-order valence-electron chi connectivity index (χ0n) is 18.8. The summed E-state index contributed by atoms with van der Waals surface area (Å²) in [6.45, 7) is 5.23. The van der Waals surface area contributed by atoms with Gasteiger partial charge in [0.25, 0.3) is 5.91 Å². The number of carbonyl (C=O) groups is 2. The third-order valence-electron chi connectivity index (χ3n) is 6.27. The highest BCUT2D eigenvalue weighted by molar-refractivity contribution is 7.89. The van der Waals surface area contributed by atoms with Crippen LogP contribution in [-0.2, 0) is 21.4 Å². The first kappa shape index (κ1) is 23.4. The van der Waals surface area contributed by atoms with Crippen LogP contribution < -0.4 is 5.32 Å². The second-order valence-electron chi connectivity index (χ2n) is 8.62. The fourth-order valence-corrected chi connectivity index (χ4v) is 5.86. The van der Waals surface area contributed by atoms with E-state index in [1.54, 1.807) is 17.0 Å². The van der Waals surface area contributed by atoms with Crippen molar-refractivity contribution in [3.8, 4) is 0 Å². The van der Waals surface area contributed by atoms with Crippen LogP contribution in [0, 0.1) is 0 Å². The average Bonchev–Trinajstić information content (AvgIpc) is 3.26. The zero-order chi connectivity index (χ0) is 23.4. The summed E-state index contributed by atoms with van der Waals surface area (Å²) < 4.78 is 27.5. The van der Waals surface area contributed by atoms with E-state index in [2.05, 4.69) is 22.3 Å². The fourth-order valence-electron chi connectivity index (χ4n) is 4.39. The van der Waals surface area contributed by atoms with Gasteiger partial charge in [-0.15, -0.1) is 0 Å². The zero-order valence-corrected chi connectivity index (χ0v) is 19.6. The number of rotatable bonds is 6. The molecule has 2 saturated heterocycles. The van der Waals surface area contributed by atoms with Crippen LogP contribution in [-0.4, -0.2) is 79.6 Å². The molecule has 4 rings (SSSR count). The molecule has 33 heavy (non-hydrogen) atoms. The monoisotopic (exact) mass is 470 g/mol. The van der Waals surface area contributed by atoms with Crippen LogP contribution in [0.3, 0.4) is 0 Å². The van der Waals surface area contributed by atoms with E-state index in [-0.39, 0.29) is 35.8 Å². The summed E-state index contributed by atoms with van der Waals surface area (Å²) >= 11 is 0. The third-order valence-corrected chi connectivity index (χ3v) is 8.17. The molecule has 9 heteroatoms. The highest BCUT2D eigenvalue weighted by atomic mass is 32.2. The second kappa shape index (κ2) is 10.0. The van der Waals surface area contributed by atoms with Crippen LogP contribution in [0.5, 0.6) is 0 Å². The molecule has 2 aliphatic rings. The molecule has 2 aliphatic heterocycles. The predicted octanol–water partition coefficient (Wildman–Crippen LogP) is 1.54. The molecule has 1 N–H and O–H groups in total. The molecule has 2 heterocycles. The smallest absolute Gasteiger partial charge is 0.251 e. The van der Waals surface area contributed by atoms with Gasteiger partial charge in [-0.25, -0.2) is 8.42 Å². The molecule has 1 atom stereocenters. The van der Waals surface area contributed by atoms with Gasteiger partial charge in [0.15, 0.2) is 0 Å². The molecule has 0 aliphatic carbocycles. The number of sulfonamides is 1. The Bertz CT molecular complexity index is 1100. The van der Waals surface area contributed by atoms with E-state index in [0.29, 0.717) is 18.7 Å². The lowest BCUT2D eigenvalue weighted by Gasteiger charge is -2.33. The number of piperazine rings is 1. The first-order valence-corrected chi connectivity index (χ1v) is 12.7. The molecule has 176 valence electrons. The van der Waals surface area contributed by atoms with Crippen molar-refractivity contribution >= 4 is 21.8 Å². The van der Waals surface area contributed by atoms with Gasteiger partial charge in [-0.1, -0.05) is 36.4 Å². The van der Waals surface area contributed by atoms with Gasteiger partial charge in [0.05, 0.1) is 4.90 Å². The maximum Gasteiger partial charge on any atom is 0.251 e. The van der Waals surface area contributed by atoms with Gasteiger partial charge in [0, 0.05) is 64.3 Å². The molecule has 2 amide bonds. The molecule has 0 saturated carbocycles. The molecule has 2 aromatic rings. The number of nitrogens with one attached hydrogen (secondary N) is 1. The minimum Gasteiger partial charge on any atom is -0.348 e. The van der Waals surface area contributed by atoms with Crippen LogP contribution >= 0.6 is 0 Å². The van der Waals surface area contributed by atoms with Crippen LogP contribution in [0.2, 0.25) is 0 Å². The van der Waals surface area contributed by atoms with E-state index >= 15 is 0 Å². The quantitative estimate of drug-likeness (QED) is 0.692. The van der Waals surface area contributed by atoms with Crippen LogP contribution in [0.1, 0.15) is 29.3 Å². The van der Waals surface area contributed by atoms with Crippen molar-refractivity contribution in [2.45, 2.75) is 30.8 Å². The van der Waals surface area contributed by atoms with Crippen molar-refractivity contribution in [3.63, 3.8) is 0 Å². The van der Waals surface area contributed by atoms with Gasteiger partial charge in [-0.2, -0.15) is 4.31 Å². The molecule has 8 nitrogen and oxygen atoms in total. The van der Waals surface area contributed by atoms with Gasteiger partial charge in [0.2, 0.25) is 15.9 Å². The Morgan fingerprint density at radius 2 is 1.70 bits per heavy atom. The number of hydrogen-bond donors (Lipinski definition) is 1. The highest BCUT2D eigenvalue weighted by Gasteiger charge is 2.30. The van der Waals surface area contributed by atoms with Crippen LogP contribution in [0.25, 0.3) is 0 Å². The van der Waals surface area contributed by atoms with E-state index in [1.807, 2.05) is 18.2 Å². The van der Waals surface area contributed by atoms with Crippen molar-refractivity contribution in [2.24, 2.45) is 0 Å². The largest absolute Gasteiger partial charge is 0.348 e. The van der Waals surface area contributed by atoms with E-state index in [1.165, 1.54) is 28.9 Å². The third kappa shape index (κ3) is 5.61. The molecule has 2 fully saturated rings. The summed E-state index contributed by atoms with van der Waals surface area (Å²) in [5.41, 5.74) is 1.58. The summed E-state index contributed by atoms with van der Waals surface area (Å²) in [5, 5.41) is 3.05. The number of carbonyl (C=O) groups excluding carboxylic acids is 2. The highest BCUT2D eigenvalue weighted by Crippen LogP contribution is 2.20. The molecular weight excluding hydrogens is 440 g/mol. The van der Waals surface area contributed by atoms with Crippen LogP contribution in [0.4, 0.5) is 0 Å². The lowest BCUT2D eigenvalue weighted by Crippen LogP contribution is -2.49. The predicted molar refractivity (Wildman–Crippen MR) is 125 cm³/mol. The standard InChI is InChI=1S/C24H30N4O4S/c1-19(29)27-12-14-28(15-13-27)33(31,32)23-9-5-8-21(16-23)24(30)25-22-10-11-26(18-22)17-20-6-3-2-4-7-20/h2-9,16,22H,10-15,17-18H2,1H3,(H,25,30)/t22-/m1/s1. The van der Waals surface area contributed by atoms with E-state index in [9.17, 15) is 18.0 Å². The van der Waals surface area contributed by atoms with Crippen molar-refractivity contribution in [1.82, 2.24) is 19.4 Å². The number of hydrogen-bond acceptors (Lipinski definition) is 5. The summed E-state index contributed by atoms with van der Waals surface area (Å²) in [6, 6.07) is 16.5. The summed E-state index contributed by atoms with van der Waals surface area (Å²) in [5.74, 6) is -0.319. The topological polar surface area (TPSA) is 90.0 Å². The Balaban J connectivity index is 1.36. The minimum absolute atomic E-state index is 0.0288. The van der Waals surface area contributed by atoms with Crippen molar-refractivity contribution < 1.29 is 18.0 Å². The molecule has 0 spiro atoms. The van der Waals surface area contributed by atoms with Gasteiger partial charge in [-0.3, -0.25) is 14.5 Å². The number of likely N-dealkylation sites (tertiary alicyclic amines) is 1. The van der Waals surface area contributed by atoms with Gasteiger partial charge in [0.1, 0.15) is 0 Å². The van der Waals surface area contributed by atoms with Crippen molar-refractivity contribution in [3.05, 3.63) is 65.7 Å². The first-order valence-electron chi connectivity index (χ1n) is 11.3. The Morgan fingerprint density at radius 1 is 0.970 bits per heavy atom. The SMILES string of the molecule is CC(=O)N1CCN(S(=O)(=O)c2cccc(C(=O)N[C@@H]3CCN(Cc4ccccc4)C3)c2)CC1. The Labute approximate surface area is 195 Å². The maximum absolute atomic E-state index is 13.1. The summed E-state index contributed by atoms with van der Waals surface area (Å²) in [4.78, 5) is 28.4. The molecule has 0 radical (unpaired) electrons. The van der Waals surface area contributed by atoms with Gasteiger partial charge in [-0.05, 0) is 30.2 Å². The Morgan fingerprint density at radius 3 is 2.39 bits per heavy atom. The lowest BCUT2D eigenvalue weighted by molar-refractivity contribution is -0.129. The lowest BCUT2D eigenvalue weighted by atomic mass is 10.2. The maximum atomic E-state index is 13.1. The minimum atomic E-state index is -3.73. The molecule has 0 bridgehead atoms. The first-order chi connectivity index (χ1) is 15.8. The van der Waals surface area contributed by atoms with Gasteiger partial charge < -0.3 is 10.2 Å². The Hall–Kier alpha value is -2.75. The molecule has 0 aromatic heterocycles. The fraction of sp³-hybridized carbons (Fsp3) is 0.417. The van der Waals surface area contributed by atoms with E-state index in [4.69, 9.17) is 0 Å². The number of nitrogens with zero attached hydrogens (tertiary/aromatic N) is 3. The number of benzene rings is 2. The van der Waals surface area contributed by atoms with E-state index < -0.39 is 10.0 Å². The average molecular weight is 471 g/mol.